The Balaban J connectivity index is 2.58. The van der Waals surface area contributed by atoms with Gasteiger partial charge in [0.25, 0.3) is 5.88 Å². The summed E-state index contributed by atoms with van der Waals surface area (Å²) in [6, 6.07) is 0. The molecule has 1 heterocycles. The average molecular weight is 213 g/mol. The number of carbonyl (C=O) groups is 1. The Labute approximate surface area is 87.7 Å². The largest absolute Gasteiger partial charge is 0.491 e. The number of aryl methyl sites for hydroxylation is 1. The Morgan fingerprint density at radius 2 is 2.33 bits per heavy atom. The average Bonchev–Trinajstić information content (AvgIpc) is 2.43. The molecule has 15 heavy (non-hydrogen) atoms. The summed E-state index contributed by atoms with van der Waals surface area (Å²) >= 11 is 0. The topological polar surface area (TPSA) is 90.4 Å². The number of rotatable bonds is 4. The van der Waals surface area contributed by atoms with Crippen LogP contribution in [0.1, 0.15) is 19.2 Å². The molecule has 0 aliphatic carbocycles. The molecule has 0 aromatic carbocycles. The lowest BCUT2D eigenvalue weighted by molar-refractivity contribution is -0.143. The number of nitrogen functional groups attached to an aromatic ring is 1. The molecule has 3 N–H and O–H groups in total. The Kier molecular flexibility index (Phi) is 3.54. The molecule has 0 aliphatic rings. The van der Waals surface area contributed by atoms with Crippen LogP contribution in [0.4, 0.5) is 5.82 Å². The number of hydrogen-bond acceptors (Lipinski definition) is 5. The van der Waals surface area contributed by atoms with Crippen LogP contribution in [0, 0.1) is 0 Å². The molecular formula is C9H15N3O3. The van der Waals surface area contributed by atoms with Gasteiger partial charge >= 0.3 is 5.97 Å². The third-order valence-corrected chi connectivity index (χ3v) is 2.07. The van der Waals surface area contributed by atoms with Crippen molar-refractivity contribution in [2.45, 2.75) is 19.8 Å². The van der Waals surface area contributed by atoms with E-state index in [-0.39, 0.29) is 24.1 Å². The molecule has 0 radical (unpaired) electrons. The molecule has 0 unspecified atom stereocenters. The summed E-state index contributed by atoms with van der Waals surface area (Å²) in [7, 11) is 1.68. The van der Waals surface area contributed by atoms with Gasteiger partial charge in [-0.1, -0.05) is 0 Å². The van der Waals surface area contributed by atoms with Gasteiger partial charge in [0.15, 0.2) is 5.82 Å². The zero-order valence-electron chi connectivity index (χ0n) is 8.86. The van der Waals surface area contributed by atoms with Crippen molar-refractivity contribution in [2.75, 3.05) is 12.3 Å². The molecule has 1 rings (SSSR count). The van der Waals surface area contributed by atoms with E-state index < -0.39 is 0 Å². The van der Waals surface area contributed by atoms with Crippen molar-refractivity contribution in [2.24, 2.45) is 7.05 Å². The number of nitrogens with two attached hydrogens (primary N) is 1. The molecule has 84 valence electrons. The molecule has 0 saturated carbocycles. The Morgan fingerprint density at radius 3 is 2.80 bits per heavy atom. The fourth-order valence-electron chi connectivity index (χ4n) is 1.21. The number of hydrogen-bond donors (Lipinski definition) is 2. The van der Waals surface area contributed by atoms with Crippen molar-refractivity contribution in [3.05, 3.63) is 5.82 Å². The number of carbonyl (C=O) groups excluding carboxylic acids is 1. The molecule has 0 atom stereocenters. The quantitative estimate of drug-likeness (QED) is 0.697. The minimum atomic E-state index is -0.279. The second-order valence-corrected chi connectivity index (χ2v) is 3.10. The maximum absolute atomic E-state index is 11.1. The fraction of sp³-hybridized carbons (Fsp3) is 0.556. The highest BCUT2D eigenvalue weighted by molar-refractivity contribution is 5.69. The van der Waals surface area contributed by atoms with E-state index in [0.717, 1.165) is 0 Å². The number of aromatic hydroxyl groups is 1. The molecular weight excluding hydrogens is 198 g/mol. The van der Waals surface area contributed by atoms with Gasteiger partial charge in [0.05, 0.1) is 13.0 Å². The van der Waals surface area contributed by atoms with Gasteiger partial charge in [-0.2, -0.15) is 4.98 Å². The Bertz CT molecular complexity index is 360. The molecule has 0 aliphatic heterocycles. The normalized spacial score (nSPS) is 10.3. The zero-order chi connectivity index (χ0) is 11.4. The van der Waals surface area contributed by atoms with Crippen LogP contribution in [0.25, 0.3) is 0 Å². The summed E-state index contributed by atoms with van der Waals surface area (Å²) in [5.41, 5.74) is 5.50. The van der Waals surface area contributed by atoms with Crippen LogP contribution in [0.3, 0.4) is 0 Å². The summed E-state index contributed by atoms with van der Waals surface area (Å²) in [5, 5.41) is 9.22. The van der Waals surface area contributed by atoms with E-state index in [0.29, 0.717) is 18.9 Å². The van der Waals surface area contributed by atoms with Gasteiger partial charge in [0.1, 0.15) is 5.82 Å². The third-order valence-electron chi connectivity index (χ3n) is 2.07. The molecule has 0 bridgehead atoms. The highest BCUT2D eigenvalue weighted by Crippen LogP contribution is 2.19. The van der Waals surface area contributed by atoms with E-state index in [4.69, 9.17) is 10.5 Å². The third kappa shape index (κ3) is 2.61. The number of aromatic nitrogens is 2. The molecule has 6 heteroatoms. The minimum absolute atomic E-state index is 0.198. The van der Waals surface area contributed by atoms with E-state index in [2.05, 4.69) is 4.98 Å². The smallest absolute Gasteiger partial charge is 0.306 e. The van der Waals surface area contributed by atoms with Crippen molar-refractivity contribution >= 4 is 11.8 Å². The zero-order valence-corrected chi connectivity index (χ0v) is 8.86. The fourth-order valence-corrected chi connectivity index (χ4v) is 1.21. The maximum Gasteiger partial charge on any atom is 0.306 e. The van der Waals surface area contributed by atoms with Crippen LogP contribution >= 0.6 is 0 Å². The lowest BCUT2D eigenvalue weighted by Gasteiger charge is -2.02. The first-order valence-electron chi connectivity index (χ1n) is 4.72. The van der Waals surface area contributed by atoms with Gasteiger partial charge < -0.3 is 20.1 Å². The first kappa shape index (κ1) is 11.4. The molecule has 0 fully saturated rings. The van der Waals surface area contributed by atoms with Crippen molar-refractivity contribution in [3.8, 4) is 5.88 Å². The number of ether oxygens (including phenoxy) is 1. The number of esters is 1. The summed E-state index contributed by atoms with van der Waals surface area (Å²) < 4.78 is 6.32. The van der Waals surface area contributed by atoms with Crippen LogP contribution in [0.15, 0.2) is 0 Å². The number of imidazole rings is 1. The van der Waals surface area contributed by atoms with E-state index in [1.165, 1.54) is 0 Å². The predicted octanol–water partition coefficient (Wildman–Crippen LogP) is 0.204. The van der Waals surface area contributed by atoms with Crippen LogP contribution in [0.2, 0.25) is 0 Å². The minimum Gasteiger partial charge on any atom is -0.491 e. The summed E-state index contributed by atoms with van der Waals surface area (Å²) in [6.45, 7) is 2.12. The second-order valence-electron chi connectivity index (χ2n) is 3.10. The molecule has 1 aromatic rings. The highest BCUT2D eigenvalue weighted by Gasteiger charge is 2.12. The summed E-state index contributed by atoms with van der Waals surface area (Å²) in [4.78, 5) is 14.9. The van der Waals surface area contributed by atoms with Gasteiger partial charge in [0.2, 0.25) is 0 Å². The lowest BCUT2D eigenvalue weighted by atomic mass is 10.3. The first-order chi connectivity index (χ1) is 7.06. The summed E-state index contributed by atoms with van der Waals surface area (Å²) in [6.07, 6.45) is 0.637. The molecule has 0 amide bonds. The van der Waals surface area contributed by atoms with Gasteiger partial charge in [-0.05, 0) is 6.92 Å². The first-order valence-corrected chi connectivity index (χ1v) is 4.72. The van der Waals surface area contributed by atoms with Crippen LogP contribution in [0.5, 0.6) is 5.88 Å². The molecule has 0 saturated heterocycles. The monoisotopic (exact) mass is 213 g/mol. The SMILES string of the molecule is CCOC(=O)CCc1nc(O)c(N)n1C. The summed E-state index contributed by atoms with van der Waals surface area (Å²) in [5.74, 6) is 0.293. The second kappa shape index (κ2) is 4.68. The predicted molar refractivity (Wildman–Crippen MR) is 54.2 cm³/mol. The van der Waals surface area contributed by atoms with Crippen molar-refractivity contribution < 1.29 is 14.6 Å². The number of nitrogens with zero attached hydrogens (tertiary/aromatic N) is 2. The van der Waals surface area contributed by atoms with Gasteiger partial charge in [0, 0.05) is 13.5 Å². The van der Waals surface area contributed by atoms with E-state index >= 15 is 0 Å². The van der Waals surface area contributed by atoms with Gasteiger partial charge in [-0.25, -0.2) is 0 Å². The molecule has 6 nitrogen and oxygen atoms in total. The van der Waals surface area contributed by atoms with Crippen molar-refractivity contribution in [1.29, 1.82) is 0 Å². The van der Waals surface area contributed by atoms with Crippen molar-refractivity contribution in [3.63, 3.8) is 0 Å². The number of anilines is 1. The van der Waals surface area contributed by atoms with Gasteiger partial charge in [-0.3, -0.25) is 4.79 Å². The Hall–Kier alpha value is -1.72. The van der Waals surface area contributed by atoms with Gasteiger partial charge in [-0.15, -0.1) is 0 Å². The van der Waals surface area contributed by atoms with E-state index in [1.54, 1.807) is 18.5 Å². The standard InChI is InChI=1S/C9H15N3O3/c1-3-15-7(13)5-4-6-11-9(14)8(10)12(6)2/h14H,3-5,10H2,1-2H3. The van der Waals surface area contributed by atoms with Crippen LogP contribution in [-0.4, -0.2) is 27.2 Å². The highest BCUT2D eigenvalue weighted by atomic mass is 16.5. The molecule has 1 aromatic heterocycles. The maximum atomic E-state index is 11.1. The van der Waals surface area contributed by atoms with Crippen molar-refractivity contribution in [1.82, 2.24) is 9.55 Å². The van der Waals surface area contributed by atoms with E-state index in [9.17, 15) is 9.90 Å². The lowest BCUT2D eigenvalue weighted by Crippen LogP contribution is -2.08. The van der Waals surface area contributed by atoms with Crippen LogP contribution in [-0.2, 0) is 23.0 Å². The molecule has 0 spiro atoms. The van der Waals surface area contributed by atoms with E-state index in [1.807, 2.05) is 0 Å². The van der Waals surface area contributed by atoms with Crippen LogP contribution < -0.4 is 5.73 Å². The Morgan fingerprint density at radius 1 is 1.67 bits per heavy atom.